The van der Waals surface area contributed by atoms with Crippen LogP contribution in [0.2, 0.25) is 5.02 Å². The monoisotopic (exact) mass is 469 g/mol. The first-order valence-electron chi connectivity index (χ1n) is 11.2. The third-order valence-corrected chi connectivity index (χ3v) is 6.65. The zero-order chi connectivity index (χ0) is 23.5. The highest BCUT2D eigenvalue weighted by Crippen LogP contribution is 2.31. The van der Waals surface area contributed by atoms with Gasteiger partial charge in [-0.2, -0.15) is 0 Å². The smallest absolute Gasteiger partial charge is 0.228 e. The number of rotatable bonds is 5. The second kappa shape index (κ2) is 9.83. The minimum atomic E-state index is -0.347. The molecular formula is C25H28ClN3O4. The van der Waals surface area contributed by atoms with Crippen molar-refractivity contribution in [2.24, 2.45) is 11.8 Å². The molecule has 4 rings (SSSR count). The van der Waals surface area contributed by atoms with E-state index in [-0.39, 0.29) is 36.0 Å². The van der Waals surface area contributed by atoms with Gasteiger partial charge in [0.25, 0.3) is 0 Å². The van der Waals surface area contributed by atoms with Crippen molar-refractivity contribution < 1.29 is 19.1 Å². The maximum absolute atomic E-state index is 13.1. The lowest BCUT2D eigenvalue weighted by Gasteiger charge is -2.33. The average Bonchev–Trinajstić information content (AvgIpc) is 3.21. The highest BCUT2D eigenvalue weighted by Gasteiger charge is 2.38. The summed E-state index contributed by atoms with van der Waals surface area (Å²) in [5.74, 6) is -0.143. The molecule has 2 saturated heterocycles. The van der Waals surface area contributed by atoms with Crippen molar-refractivity contribution >= 4 is 40.7 Å². The molecule has 33 heavy (non-hydrogen) atoms. The third-order valence-electron chi connectivity index (χ3n) is 6.42. The number of carbonyl (C=O) groups is 3. The van der Waals surface area contributed by atoms with Crippen molar-refractivity contribution in [3.63, 3.8) is 0 Å². The molecule has 1 N–H and O–H groups in total. The SMILES string of the molecule is COc1ccc(Cl)cc1NC(=O)C1CCN(C(=O)[C@H]2CC(=O)N(c3ccc(C)cc3)C2)CC1. The number of nitrogens with zero attached hydrogens (tertiary/aromatic N) is 2. The standard InChI is InChI=1S/C25H28ClN3O4/c1-16-3-6-20(7-4-16)29-15-18(13-23(29)30)25(32)28-11-9-17(10-12-28)24(31)27-21-14-19(26)5-8-22(21)33-2/h3-8,14,17-18H,9-13,15H2,1-2H3,(H,27,31)/t18-/m0/s1. The normalized spacial score (nSPS) is 19.0. The number of hydrogen-bond acceptors (Lipinski definition) is 4. The van der Waals surface area contributed by atoms with E-state index in [2.05, 4.69) is 5.32 Å². The van der Waals surface area contributed by atoms with E-state index >= 15 is 0 Å². The topological polar surface area (TPSA) is 79.0 Å². The van der Waals surface area contributed by atoms with Gasteiger partial charge in [0.15, 0.2) is 0 Å². The highest BCUT2D eigenvalue weighted by molar-refractivity contribution is 6.31. The van der Waals surface area contributed by atoms with E-state index in [4.69, 9.17) is 16.3 Å². The fourth-order valence-corrected chi connectivity index (χ4v) is 4.65. The summed E-state index contributed by atoms with van der Waals surface area (Å²) in [5.41, 5.74) is 2.49. The predicted octanol–water partition coefficient (Wildman–Crippen LogP) is 3.89. The Morgan fingerprint density at radius 2 is 1.76 bits per heavy atom. The van der Waals surface area contributed by atoms with Crippen LogP contribution in [0.1, 0.15) is 24.8 Å². The quantitative estimate of drug-likeness (QED) is 0.720. The molecule has 3 amide bonds. The van der Waals surface area contributed by atoms with Gasteiger partial charge in [-0.1, -0.05) is 29.3 Å². The second-order valence-corrected chi connectivity index (χ2v) is 9.11. The summed E-state index contributed by atoms with van der Waals surface area (Å²) in [6.07, 6.45) is 1.37. The molecular weight excluding hydrogens is 442 g/mol. The first kappa shape index (κ1) is 23.1. The van der Waals surface area contributed by atoms with Gasteiger partial charge in [-0.15, -0.1) is 0 Å². The van der Waals surface area contributed by atoms with Gasteiger partial charge in [0.1, 0.15) is 5.75 Å². The molecule has 2 fully saturated rings. The number of nitrogens with one attached hydrogen (secondary N) is 1. The maximum atomic E-state index is 13.1. The lowest BCUT2D eigenvalue weighted by molar-refractivity contribution is -0.138. The van der Waals surface area contributed by atoms with Gasteiger partial charge in [0.2, 0.25) is 17.7 Å². The number of amides is 3. The first-order valence-corrected chi connectivity index (χ1v) is 11.5. The van der Waals surface area contributed by atoms with Crippen LogP contribution in [0.15, 0.2) is 42.5 Å². The van der Waals surface area contributed by atoms with E-state index in [1.54, 1.807) is 28.0 Å². The lowest BCUT2D eigenvalue weighted by atomic mass is 9.94. The number of carbonyl (C=O) groups excluding carboxylic acids is 3. The molecule has 0 unspecified atom stereocenters. The summed E-state index contributed by atoms with van der Waals surface area (Å²) in [6.45, 7) is 3.39. The average molecular weight is 470 g/mol. The van der Waals surface area contributed by atoms with Crippen molar-refractivity contribution in [1.82, 2.24) is 4.90 Å². The molecule has 8 heteroatoms. The maximum Gasteiger partial charge on any atom is 0.228 e. The Morgan fingerprint density at radius 1 is 1.06 bits per heavy atom. The van der Waals surface area contributed by atoms with Crippen molar-refractivity contribution in [3.8, 4) is 5.75 Å². The summed E-state index contributed by atoms with van der Waals surface area (Å²) in [5, 5.41) is 3.41. The molecule has 2 aliphatic rings. The molecule has 0 bridgehead atoms. The zero-order valence-electron chi connectivity index (χ0n) is 18.8. The Morgan fingerprint density at radius 3 is 2.42 bits per heavy atom. The summed E-state index contributed by atoms with van der Waals surface area (Å²) >= 11 is 6.05. The van der Waals surface area contributed by atoms with Crippen LogP contribution < -0.4 is 15.0 Å². The van der Waals surface area contributed by atoms with Gasteiger partial charge in [0.05, 0.1) is 18.7 Å². The Hall–Kier alpha value is -3.06. The number of likely N-dealkylation sites (tertiary alicyclic amines) is 1. The number of methoxy groups -OCH3 is 1. The number of aryl methyl sites for hydroxylation is 1. The van der Waals surface area contributed by atoms with Crippen molar-refractivity contribution in [3.05, 3.63) is 53.1 Å². The molecule has 1 atom stereocenters. The van der Waals surface area contributed by atoms with Crippen LogP contribution in [-0.4, -0.2) is 49.4 Å². The van der Waals surface area contributed by atoms with Crippen LogP contribution >= 0.6 is 11.6 Å². The fraction of sp³-hybridized carbons (Fsp3) is 0.400. The van der Waals surface area contributed by atoms with Crippen LogP contribution in [-0.2, 0) is 14.4 Å². The molecule has 2 heterocycles. The molecule has 7 nitrogen and oxygen atoms in total. The van der Waals surface area contributed by atoms with Gasteiger partial charge in [-0.05, 0) is 50.1 Å². The van der Waals surface area contributed by atoms with Crippen LogP contribution in [0.3, 0.4) is 0 Å². The van der Waals surface area contributed by atoms with E-state index in [1.165, 1.54) is 7.11 Å². The van der Waals surface area contributed by atoms with E-state index in [9.17, 15) is 14.4 Å². The summed E-state index contributed by atoms with van der Waals surface area (Å²) in [7, 11) is 1.54. The summed E-state index contributed by atoms with van der Waals surface area (Å²) in [4.78, 5) is 41.9. The lowest BCUT2D eigenvalue weighted by Crippen LogP contribution is -2.44. The Bertz CT molecular complexity index is 1050. The Balaban J connectivity index is 1.32. The van der Waals surface area contributed by atoms with E-state index in [1.807, 2.05) is 31.2 Å². The zero-order valence-corrected chi connectivity index (χ0v) is 19.6. The van der Waals surface area contributed by atoms with E-state index in [0.29, 0.717) is 48.9 Å². The first-order chi connectivity index (χ1) is 15.9. The van der Waals surface area contributed by atoms with Crippen molar-refractivity contribution in [1.29, 1.82) is 0 Å². The van der Waals surface area contributed by atoms with Gasteiger partial charge >= 0.3 is 0 Å². The number of anilines is 2. The highest BCUT2D eigenvalue weighted by atomic mass is 35.5. The molecule has 0 spiro atoms. The van der Waals surface area contributed by atoms with Crippen LogP contribution in [0.5, 0.6) is 5.75 Å². The molecule has 2 aromatic carbocycles. The molecule has 0 saturated carbocycles. The number of hydrogen-bond donors (Lipinski definition) is 1. The third kappa shape index (κ3) is 5.14. The molecule has 0 radical (unpaired) electrons. The number of ether oxygens (including phenoxy) is 1. The van der Waals surface area contributed by atoms with Gasteiger partial charge in [0, 0.05) is 42.7 Å². The second-order valence-electron chi connectivity index (χ2n) is 8.67. The minimum absolute atomic E-state index is 0.00618. The molecule has 2 aliphatic heterocycles. The molecule has 0 aromatic heterocycles. The van der Waals surface area contributed by atoms with Crippen LogP contribution in [0.25, 0.3) is 0 Å². The number of halogens is 1. The van der Waals surface area contributed by atoms with Crippen molar-refractivity contribution in [2.45, 2.75) is 26.2 Å². The van der Waals surface area contributed by atoms with Gasteiger partial charge < -0.3 is 19.9 Å². The van der Waals surface area contributed by atoms with Crippen LogP contribution in [0, 0.1) is 18.8 Å². The Labute approximate surface area is 198 Å². The largest absolute Gasteiger partial charge is 0.495 e. The number of benzene rings is 2. The molecule has 0 aliphatic carbocycles. The predicted molar refractivity (Wildman–Crippen MR) is 128 cm³/mol. The van der Waals surface area contributed by atoms with Crippen LogP contribution in [0.4, 0.5) is 11.4 Å². The molecule has 2 aromatic rings. The fourth-order valence-electron chi connectivity index (χ4n) is 4.48. The van der Waals surface area contributed by atoms with Gasteiger partial charge in [-0.25, -0.2) is 0 Å². The Kier molecular flexibility index (Phi) is 6.88. The summed E-state index contributed by atoms with van der Waals surface area (Å²) < 4.78 is 5.29. The number of piperidine rings is 1. The molecule has 174 valence electrons. The van der Waals surface area contributed by atoms with Gasteiger partial charge in [-0.3, -0.25) is 14.4 Å². The van der Waals surface area contributed by atoms with Crippen molar-refractivity contribution in [2.75, 3.05) is 37.0 Å². The summed E-state index contributed by atoms with van der Waals surface area (Å²) in [6, 6.07) is 12.8. The van der Waals surface area contributed by atoms with E-state index in [0.717, 1.165) is 11.3 Å². The van der Waals surface area contributed by atoms with E-state index < -0.39 is 0 Å². The minimum Gasteiger partial charge on any atom is -0.495 e.